The Balaban J connectivity index is 2.38. The fraction of sp³-hybridized carbons (Fsp3) is 0.385. The summed E-state index contributed by atoms with van der Waals surface area (Å²) in [5.74, 6) is -1.44. The zero-order valence-electron chi connectivity index (χ0n) is 10.3. The number of aliphatic carboxylic acids is 1. The van der Waals surface area contributed by atoms with E-state index in [0.717, 1.165) is 12.8 Å². The fourth-order valence-electron chi connectivity index (χ4n) is 2.56. The number of carboxylic acids is 1. The van der Waals surface area contributed by atoms with Crippen LogP contribution in [-0.4, -0.2) is 29.6 Å². The normalized spacial score (nSPS) is 18.6. The third-order valence-corrected chi connectivity index (χ3v) is 3.65. The van der Waals surface area contributed by atoms with Gasteiger partial charge in [0.1, 0.15) is 0 Å². The van der Waals surface area contributed by atoms with Crippen LogP contribution in [0.15, 0.2) is 18.2 Å². The first-order valence-electron chi connectivity index (χ1n) is 6.07. The van der Waals surface area contributed by atoms with E-state index in [2.05, 4.69) is 0 Å². The lowest BCUT2D eigenvalue weighted by molar-refractivity contribution is -0.137. The number of anilines is 1. The van der Waals surface area contributed by atoms with Crippen molar-refractivity contribution in [2.24, 2.45) is 5.73 Å². The Morgan fingerprint density at radius 2 is 2.21 bits per heavy atom. The minimum atomic E-state index is -0.848. The van der Waals surface area contributed by atoms with Gasteiger partial charge in [-0.3, -0.25) is 9.59 Å². The Bertz CT molecular complexity index is 519. The first-order chi connectivity index (χ1) is 9.00. The molecule has 1 fully saturated rings. The Morgan fingerprint density at radius 1 is 1.47 bits per heavy atom. The number of carboxylic acid groups (broad SMARTS) is 1. The Kier molecular flexibility index (Phi) is 3.95. The maximum absolute atomic E-state index is 11.5. The molecule has 1 aromatic rings. The molecular weight excluding hydrogens is 268 g/mol. The molecule has 1 aromatic carbocycles. The van der Waals surface area contributed by atoms with E-state index < -0.39 is 11.9 Å². The summed E-state index contributed by atoms with van der Waals surface area (Å²) in [4.78, 5) is 24.3. The number of benzene rings is 1. The van der Waals surface area contributed by atoms with E-state index in [4.69, 9.17) is 22.4 Å². The summed E-state index contributed by atoms with van der Waals surface area (Å²) in [5.41, 5.74) is 6.26. The second kappa shape index (κ2) is 5.48. The molecule has 0 aromatic heterocycles. The maximum atomic E-state index is 11.5. The van der Waals surface area contributed by atoms with Crippen molar-refractivity contribution in [1.82, 2.24) is 0 Å². The molecule has 0 spiro atoms. The van der Waals surface area contributed by atoms with Gasteiger partial charge in [-0.25, -0.2) is 0 Å². The van der Waals surface area contributed by atoms with E-state index in [0.29, 0.717) is 17.3 Å². The molecule has 1 unspecified atom stereocenters. The fourth-order valence-corrected chi connectivity index (χ4v) is 2.83. The summed E-state index contributed by atoms with van der Waals surface area (Å²) < 4.78 is 0. The minimum absolute atomic E-state index is 0.0463. The summed E-state index contributed by atoms with van der Waals surface area (Å²) in [6, 6.07) is 4.98. The Hall–Kier alpha value is -1.75. The zero-order chi connectivity index (χ0) is 14.0. The number of carbonyl (C=O) groups excluding carboxylic acids is 1. The molecule has 0 bridgehead atoms. The average molecular weight is 283 g/mol. The van der Waals surface area contributed by atoms with Crippen molar-refractivity contribution in [2.45, 2.75) is 25.3 Å². The molecule has 2 rings (SSSR count). The van der Waals surface area contributed by atoms with Crippen molar-refractivity contribution < 1.29 is 14.7 Å². The van der Waals surface area contributed by atoms with Gasteiger partial charge in [-0.1, -0.05) is 17.7 Å². The van der Waals surface area contributed by atoms with Crippen molar-refractivity contribution in [2.75, 3.05) is 11.4 Å². The van der Waals surface area contributed by atoms with Crippen LogP contribution in [-0.2, 0) is 4.79 Å². The molecule has 1 saturated heterocycles. The van der Waals surface area contributed by atoms with Gasteiger partial charge in [0.15, 0.2) is 0 Å². The number of primary amides is 1. The molecule has 0 radical (unpaired) electrons. The van der Waals surface area contributed by atoms with Crippen LogP contribution in [0.3, 0.4) is 0 Å². The highest BCUT2D eigenvalue weighted by molar-refractivity contribution is 6.34. The van der Waals surface area contributed by atoms with Crippen molar-refractivity contribution in [3.8, 4) is 0 Å². The molecule has 1 aliphatic rings. The lowest BCUT2D eigenvalue weighted by Gasteiger charge is -2.27. The van der Waals surface area contributed by atoms with Gasteiger partial charge in [-0.05, 0) is 25.0 Å². The van der Waals surface area contributed by atoms with Gasteiger partial charge in [0.2, 0.25) is 0 Å². The van der Waals surface area contributed by atoms with Crippen molar-refractivity contribution >= 4 is 29.2 Å². The summed E-state index contributed by atoms with van der Waals surface area (Å²) in [6.07, 6.45) is 1.73. The number of nitrogens with two attached hydrogens (primary N) is 1. The Labute approximate surface area is 116 Å². The van der Waals surface area contributed by atoms with Gasteiger partial charge in [-0.15, -0.1) is 0 Å². The number of amides is 1. The highest BCUT2D eigenvalue weighted by atomic mass is 35.5. The lowest BCUT2D eigenvalue weighted by Crippen LogP contribution is -2.33. The van der Waals surface area contributed by atoms with Crippen LogP contribution >= 0.6 is 11.6 Å². The maximum Gasteiger partial charge on any atom is 0.305 e. The number of carbonyl (C=O) groups is 2. The number of halogens is 1. The van der Waals surface area contributed by atoms with Gasteiger partial charge in [-0.2, -0.15) is 0 Å². The third-order valence-electron chi connectivity index (χ3n) is 3.33. The molecule has 19 heavy (non-hydrogen) atoms. The van der Waals surface area contributed by atoms with Crippen molar-refractivity contribution in [1.29, 1.82) is 0 Å². The van der Waals surface area contributed by atoms with Crippen LogP contribution < -0.4 is 10.6 Å². The number of hydrogen-bond donors (Lipinski definition) is 2. The summed E-state index contributed by atoms with van der Waals surface area (Å²) in [6.45, 7) is 0.707. The van der Waals surface area contributed by atoms with Crippen LogP contribution in [0.5, 0.6) is 0 Å². The molecule has 6 heteroatoms. The molecule has 1 heterocycles. The first-order valence-corrected chi connectivity index (χ1v) is 6.45. The second-order valence-corrected chi connectivity index (χ2v) is 4.99. The molecule has 0 saturated carbocycles. The number of hydrogen-bond acceptors (Lipinski definition) is 3. The highest BCUT2D eigenvalue weighted by Gasteiger charge is 2.29. The zero-order valence-corrected chi connectivity index (χ0v) is 11.1. The van der Waals surface area contributed by atoms with Crippen molar-refractivity contribution in [3.63, 3.8) is 0 Å². The number of rotatable bonds is 4. The van der Waals surface area contributed by atoms with Crippen molar-refractivity contribution in [3.05, 3.63) is 28.8 Å². The van der Waals surface area contributed by atoms with E-state index in [1.807, 2.05) is 4.90 Å². The molecule has 3 N–H and O–H groups in total. The van der Waals surface area contributed by atoms with Gasteiger partial charge in [0.05, 0.1) is 22.7 Å². The SMILES string of the molecule is NC(=O)c1c(Cl)cccc1N1CCCC1CC(=O)O. The van der Waals surface area contributed by atoms with Gasteiger partial charge >= 0.3 is 5.97 Å². The van der Waals surface area contributed by atoms with E-state index in [9.17, 15) is 9.59 Å². The third kappa shape index (κ3) is 2.81. The van der Waals surface area contributed by atoms with E-state index in [1.54, 1.807) is 18.2 Å². The molecule has 5 nitrogen and oxygen atoms in total. The predicted molar refractivity (Wildman–Crippen MR) is 72.6 cm³/mol. The second-order valence-electron chi connectivity index (χ2n) is 4.59. The highest BCUT2D eigenvalue weighted by Crippen LogP contribution is 2.33. The standard InChI is InChI=1S/C13H15ClN2O3/c14-9-4-1-5-10(12(9)13(15)19)16-6-2-3-8(16)7-11(17)18/h1,4-5,8H,2-3,6-7H2,(H2,15,19)(H,17,18). The van der Waals surface area contributed by atoms with Crippen LogP contribution in [0.1, 0.15) is 29.6 Å². The minimum Gasteiger partial charge on any atom is -0.481 e. The van der Waals surface area contributed by atoms with Crippen LogP contribution in [0.2, 0.25) is 5.02 Å². The molecule has 0 aliphatic carbocycles. The largest absolute Gasteiger partial charge is 0.481 e. The summed E-state index contributed by atoms with van der Waals surface area (Å²) in [5, 5.41) is 9.22. The average Bonchev–Trinajstić information content (AvgIpc) is 2.75. The van der Waals surface area contributed by atoms with Gasteiger partial charge in [0.25, 0.3) is 5.91 Å². The first kappa shape index (κ1) is 13.7. The predicted octanol–water partition coefficient (Wildman–Crippen LogP) is 1.88. The van der Waals surface area contributed by atoms with Crippen LogP contribution in [0.4, 0.5) is 5.69 Å². The quantitative estimate of drug-likeness (QED) is 0.883. The topological polar surface area (TPSA) is 83.6 Å². The Morgan fingerprint density at radius 3 is 2.84 bits per heavy atom. The van der Waals surface area contributed by atoms with E-state index >= 15 is 0 Å². The van der Waals surface area contributed by atoms with E-state index in [-0.39, 0.29) is 18.0 Å². The molecule has 1 aliphatic heterocycles. The van der Waals surface area contributed by atoms with Crippen LogP contribution in [0.25, 0.3) is 0 Å². The molecule has 102 valence electrons. The smallest absolute Gasteiger partial charge is 0.305 e. The summed E-state index contributed by atoms with van der Waals surface area (Å²) >= 11 is 6.01. The monoisotopic (exact) mass is 282 g/mol. The lowest BCUT2D eigenvalue weighted by atomic mass is 10.1. The van der Waals surface area contributed by atoms with E-state index in [1.165, 1.54) is 0 Å². The summed E-state index contributed by atoms with van der Waals surface area (Å²) in [7, 11) is 0. The van der Waals surface area contributed by atoms with Crippen LogP contribution in [0, 0.1) is 0 Å². The molecular formula is C13H15ClN2O3. The molecule has 1 amide bonds. The van der Waals surface area contributed by atoms with Gasteiger partial charge < -0.3 is 15.7 Å². The van der Waals surface area contributed by atoms with Gasteiger partial charge in [0, 0.05) is 12.6 Å². The number of nitrogens with zero attached hydrogens (tertiary/aromatic N) is 1. The molecule has 1 atom stereocenters.